The first kappa shape index (κ1) is 15.1. The van der Waals surface area contributed by atoms with E-state index in [9.17, 15) is 4.79 Å². The van der Waals surface area contributed by atoms with Crippen molar-refractivity contribution in [3.8, 4) is 0 Å². The Morgan fingerprint density at radius 3 is 3.27 bits per heavy atom. The molecule has 6 nitrogen and oxygen atoms in total. The molecule has 1 amide bonds. The molecule has 118 valence electrons. The van der Waals surface area contributed by atoms with Crippen molar-refractivity contribution in [2.24, 2.45) is 0 Å². The molecule has 0 unspecified atom stereocenters. The second-order valence-electron chi connectivity index (χ2n) is 5.22. The normalized spacial score (nSPS) is 19.3. The van der Waals surface area contributed by atoms with Crippen LogP contribution in [0.5, 0.6) is 0 Å². The number of nitrogens with zero attached hydrogens (tertiary/aromatic N) is 2. The molecule has 0 spiro atoms. The van der Waals surface area contributed by atoms with Crippen molar-refractivity contribution in [2.45, 2.75) is 25.4 Å². The lowest BCUT2D eigenvalue weighted by Gasteiger charge is -2.21. The first-order valence-electron chi connectivity index (χ1n) is 7.48. The van der Waals surface area contributed by atoms with E-state index in [0.717, 1.165) is 18.8 Å². The Morgan fingerprint density at radius 2 is 2.59 bits per heavy atom. The zero-order chi connectivity index (χ0) is 15.4. The van der Waals surface area contributed by atoms with Crippen LogP contribution in [-0.4, -0.2) is 46.7 Å². The van der Waals surface area contributed by atoms with Crippen molar-refractivity contribution < 1.29 is 9.53 Å². The number of aromatic nitrogens is 2. The Morgan fingerprint density at radius 1 is 1.68 bits per heavy atom. The summed E-state index contributed by atoms with van der Waals surface area (Å²) in [6, 6.07) is 4.41. The molecule has 1 aliphatic heterocycles. The number of carbonyl (C=O) groups excluding carboxylic acids is 1. The molecule has 3 heterocycles. The van der Waals surface area contributed by atoms with Crippen molar-refractivity contribution in [3.05, 3.63) is 40.6 Å². The Bertz CT molecular complexity index is 550. The number of amides is 1. The van der Waals surface area contributed by atoms with E-state index in [-0.39, 0.29) is 18.2 Å². The second kappa shape index (κ2) is 6.93. The molecule has 0 aromatic carbocycles. The monoisotopic (exact) mass is 320 g/mol. The molecule has 2 aromatic heterocycles. The van der Waals surface area contributed by atoms with E-state index in [1.807, 2.05) is 19.2 Å². The quantitative estimate of drug-likeness (QED) is 0.887. The van der Waals surface area contributed by atoms with Gasteiger partial charge in [0.25, 0.3) is 0 Å². The van der Waals surface area contributed by atoms with Gasteiger partial charge in [0.15, 0.2) is 0 Å². The fourth-order valence-electron chi connectivity index (χ4n) is 2.70. The molecule has 1 saturated heterocycles. The summed E-state index contributed by atoms with van der Waals surface area (Å²) in [5, 5.41) is 5.68. The van der Waals surface area contributed by atoms with Crippen molar-refractivity contribution in [3.63, 3.8) is 0 Å². The molecule has 2 N–H and O–H groups in total. The largest absolute Gasteiger partial charge is 0.450 e. The van der Waals surface area contributed by atoms with E-state index < -0.39 is 0 Å². The van der Waals surface area contributed by atoms with Crippen LogP contribution in [-0.2, 0) is 4.74 Å². The maximum Gasteiger partial charge on any atom is 0.409 e. The Balaban J connectivity index is 1.66. The van der Waals surface area contributed by atoms with E-state index in [2.05, 4.69) is 26.7 Å². The smallest absolute Gasteiger partial charge is 0.409 e. The van der Waals surface area contributed by atoms with Crippen LogP contribution in [0, 0.1) is 0 Å². The van der Waals surface area contributed by atoms with Gasteiger partial charge in [-0.05, 0) is 24.8 Å². The first-order chi connectivity index (χ1) is 10.8. The average molecular weight is 320 g/mol. The number of hydrogen-bond donors (Lipinski definition) is 2. The van der Waals surface area contributed by atoms with Crippen LogP contribution in [0.4, 0.5) is 4.79 Å². The molecule has 0 saturated carbocycles. The Labute approximate surface area is 133 Å². The van der Waals surface area contributed by atoms with Gasteiger partial charge in [-0.15, -0.1) is 11.3 Å². The fraction of sp³-hybridized carbons (Fsp3) is 0.467. The number of hydrogen-bond acceptors (Lipinski definition) is 5. The summed E-state index contributed by atoms with van der Waals surface area (Å²) in [6.07, 6.45) is 4.29. The highest BCUT2D eigenvalue weighted by molar-refractivity contribution is 7.10. The van der Waals surface area contributed by atoms with Gasteiger partial charge < -0.3 is 14.6 Å². The molecule has 3 rings (SSSR count). The lowest BCUT2D eigenvalue weighted by molar-refractivity contribution is 0.115. The van der Waals surface area contributed by atoms with Gasteiger partial charge in [-0.2, -0.15) is 0 Å². The van der Waals surface area contributed by atoms with Gasteiger partial charge in [0.1, 0.15) is 11.9 Å². The number of imidazole rings is 1. The number of rotatable bonds is 5. The van der Waals surface area contributed by atoms with Crippen LogP contribution in [0.25, 0.3) is 0 Å². The highest BCUT2D eigenvalue weighted by Gasteiger charge is 2.30. The van der Waals surface area contributed by atoms with E-state index >= 15 is 0 Å². The van der Waals surface area contributed by atoms with Gasteiger partial charge in [-0.3, -0.25) is 5.32 Å². The molecular formula is C15H20N4O2S. The lowest BCUT2D eigenvalue weighted by atomic mass is 10.1. The van der Waals surface area contributed by atoms with Gasteiger partial charge in [-0.25, -0.2) is 9.78 Å². The van der Waals surface area contributed by atoms with Crippen LogP contribution >= 0.6 is 11.3 Å². The Hall–Kier alpha value is -1.86. The summed E-state index contributed by atoms with van der Waals surface area (Å²) in [4.78, 5) is 22.3. The lowest BCUT2D eigenvalue weighted by Crippen LogP contribution is -2.37. The maximum atomic E-state index is 11.8. The van der Waals surface area contributed by atoms with E-state index in [0.29, 0.717) is 13.2 Å². The van der Waals surface area contributed by atoms with Gasteiger partial charge in [-0.1, -0.05) is 6.07 Å². The number of ether oxygens (including phenoxy) is 1. The highest BCUT2D eigenvalue weighted by Crippen LogP contribution is 2.25. The zero-order valence-corrected chi connectivity index (χ0v) is 13.3. The third-order valence-electron chi connectivity index (χ3n) is 3.74. The molecule has 2 atom stereocenters. The molecule has 2 aromatic rings. The van der Waals surface area contributed by atoms with Crippen molar-refractivity contribution in [1.82, 2.24) is 20.2 Å². The Kier molecular flexibility index (Phi) is 4.74. The number of nitrogens with one attached hydrogen (secondary N) is 2. The van der Waals surface area contributed by atoms with Gasteiger partial charge in [0.2, 0.25) is 0 Å². The van der Waals surface area contributed by atoms with E-state index in [1.165, 1.54) is 4.88 Å². The minimum atomic E-state index is -0.225. The van der Waals surface area contributed by atoms with Crippen LogP contribution in [0.1, 0.15) is 30.1 Å². The average Bonchev–Trinajstić information content (AvgIpc) is 3.26. The predicted molar refractivity (Wildman–Crippen MR) is 84.9 cm³/mol. The van der Waals surface area contributed by atoms with Crippen molar-refractivity contribution >= 4 is 17.4 Å². The molecule has 0 aliphatic carbocycles. The molecule has 7 heteroatoms. The molecule has 1 fully saturated rings. The van der Waals surface area contributed by atoms with Crippen molar-refractivity contribution in [1.29, 1.82) is 0 Å². The number of aromatic amines is 1. The van der Waals surface area contributed by atoms with Crippen LogP contribution in [0.2, 0.25) is 0 Å². The number of thiophene rings is 1. The summed E-state index contributed by atoms with van der Waals surface area (Å²) in [7, 11) is 0. The van der Waals surface area contributed by atoms with Gasteiger partial charge in [0.05, 0.1) is 6.61 Å². The van der Waals surface area contributed by atoms with Crippen LogP contribution < -0.4 is 5.32 Å². The van der Waals surface area contributed by atoms with E-state index in [4.69, 9.17) is 4.74 Å². The summed E-state index contributed by atoms with van der Waals surface area (Å²) in [6.45, 7) is 3.64. The third-order valence-corrected chi connectivity index (χ3v) is 4.67. The number of H-pyrrole nitrogens is 1. The molecule has 0 bridgehead atoms. The summed E-state index contributed by atoms with van der Waals surface area (Å²) < 4.78 is 5.07. The molecule has 0 radical (unpaired) electrons. The highest BCUT2D eigenvalue weighted by atomic mass is 32.1. The van der Waals surface area contributed by atoms with Crippen molar-refractivity contribution in [2.75, 3.05) is 19.7 Å². The summed E-state index contributed by atoms with van der Waals surface area (Å²) >= 11 is 1.70. The number of carbonyl (C=O) groups is 1. The maximum absolute atomic E-state index is 11.8. The minimum absolute atomic E-state index is 0.0298. The zero-order valence-electron chi connectivity index (χ0n) is 12.5. The fourth-order valence-corrected chi connectivity index (χ4v) is 3.49. The molecule has 22 heavy (non-hydrogen) atoms. The van der Waals surface area contributed by atoms with Crippen LogP contribution in [0.15, 0.2) is 29.9 Å². The van der Waals surface area contributed by atoms with E-state index in [1.54, 1.807) is 22.4 Å². The third kappa shape index (κ3) is 3.31. The topological polar surface area (TPSA) is 70.2 Å². The predicted octanol–water partition coefficient (Wildman–Crippen LogP) is 2.38. The second-order valence-corrected chi connectivity index (χ2v) is 6.20. The van der Waals surface area contributed by atoms with Crippen LogP contribution in [0.3, 0.4) is 0 Å². The molecular weight excluding hydrogens is 300 g/mol. The van der Waals surface area contributed by atoms with Gasteiger partial charge in [0, 0.05) is 36.4 Å². The standard InChI is InChI=1S/C15H20N4O2S/c1-2-21-15(20)19-8-5-11(10-19)18-13(12-4-3-9-22-12)14-16-6-7-17-14/h3-4,6-7,9,11,13,18H,2,5,8,10H2,1H3,(H,16,17)/t11-,13+/m1/s1. The number of likely N-dealkylation sites (tertiary alicyclic amines) is 1. The first-order valence-corrected chi connectivity index (χ1v) is 8.36. The molecule has 1 aliphatic rings. The summed E-state index contributed by atoms with van der Waals surface area (Å²) in [5.74, 6) is 0.900. The summed E-state index contributed by atoms with van der Waals surface area (Å²) in [5.41, 5.74) is 0. The SMILES string of the molecule is CCOC(=O)N1CC[C@@H](N[C@H](c2ncc[nH]2)c2cccs2)C1. The minimum Gasteiger partial charge on any atom is -0.450 e. The van der Waals surface area contributed by atoms with Gasteiger partial charge >= 0.3 is 6.09 Å².